The van der Waals surface area contributed by atoms with Gasteiger partial charge >= 0.3 is 20.5 Å². The smallest absolute Gasteiger partial charge is 0.407 e. The van der Waals surface area contributed by atoms with E-state index in [0.29, 0.717) is 11.3 Å². The van der Waals surface area contributed by atoms with E-state index in [4.69, 9.17) is 13.6 Å². The number of carbonyl (C=O) groups is 2. The van der Waals surface area contributed by atoms with Crippen molar-refractivity contribution in [3.8, 4) is 5.75 Å². The molecule has 0 saturated carbocycles. The Morgan fingerprint density at radius 1 is 1.38 bits per heavy atom. The molecular formula is C10H9O5P. The van der Waals surface area contributed by atoms with E-state index >= 15 is 0 Å². The van der Waals surface area contributed by atoms with E-state index in [1.54, 1.807) is 31.2 Å². The lowest BCUT2D eigenvalue weighted by Crippen LogP contribution is -2.14. The maximum atomic E-state index is 11.5. The molecule has 1 aromatic carbocycles. The molecule has 1 aromatic rings. The summed E-state index contributed by atoms with van der Waals surface area (Å²) in [6.07, 6.45) is 0.210. The Morgan fingerprint density at radius 3 is 2.88 bits per heavy atom. The Morgan fingerprint density at radius 2 is 2.12 bits per heavy atom. The number of carbonyl (C=O) groups excluding carboxylic acids is 2. The first-order valence-electron chi connectivity index (χ1n) is 4.71. The van der Waals surface area contributed by atoms with Gasteiger partial charge in [0.2, 0.25) is 0 Å². The molecule has 6 heteroatoms. The van der Waals surface area contributed by atoms with Gasteiger partial charge in [-0.3, -0.25) is 4.79 Å². The number of fused-ring (bicyclic) bond motifs is 1. The highest BCUT2D eigenvalue weighted by Crippen LogP contribution is 2.47. The predicted molar refractivity (Wildman–Crippen MR) is 55.8 cm³/mol. The molecule has 0 saturated heterocycles. The lowest BCUT2D eigenvalue weighted by atomic mass is 10.2. The van der Waals surface area contributed by atoms with Crippen LogP contribution >= 0.6 is 8.60 Å². The molecule has 1 aliphatic heterocycles. The van der Waals surface area contributed by atoms with Crippen LogP contribution in [0.5, 0.6) is 5.75 Å². The Balaban J connectivity index is 2.15. The molecule has 0 amide bonds. The van der Waals surface area contributed by atoms with Gasteiger partial charge in [0.1, 0.15) is 11.3 Å². The molecule has 84 valence electrons. The van der Waals surface area contributed by atoms with Crippen molar-refractivity contribution in [3.05, 3.63) is 29.8 Å². The average molecular weight is 240 g/mol. The molecule has 1 unspecified atom stereocenters. The standard InChI is InChI=1S/C10H9O5P/c1-2-9(11)14-16-13-8-6-4-3-5-7(8)10(12)15-16/h3-6H,2H2,1H3. The Labute approximate surface area is 93.3 Å². The first kappa shape index (κ1) is 10.9. The van der Waals surface area contributed by atoms with Crippen LogP contribution in [0, 0.1) is 0 Å². The summed E-state index contributed by atoms with van der Waals surface area (Å²) in [6.45, 7) is 1.65. The minimum absolute atomic E-state index is 0.210. The molecule has 2 rings (SSSR count). The van der Waals surface area contributed by atoms with Gasteiger partial charge in [-0.2, -0.15) is 0 Å². The van der Waals surface area contributed by atoms with Crippen LogP contribution in [-0.2, 0) is 13.8 Å². The topological polar surface area (TPSA) is 61.8 Å². The molecule has 5 nitrogen and oxygen atoms in total. The first-order chi connectivity index (χ1) is 7.70. The summed E-state index contributed by atoms with van der Waals surface area (Å²) in [5.74, 6) is -0.607. The predicted octanol–water partition coefficient (Wildman–Crippen LogP) is 2.42. The van der Waals surface area contributed by atoms with Crippen LogP contribution in [0.2, 0.25) is 0 Å². The molecule has 0 aromatic heterocycles. The molecule has 1 heterocycles. The molecule has 1 atom stereocenters. The fraction of sp³-hybridized carbons (Fsp3) is 0.200. The molecular weight excluding hydrogens is 231 g/mol. The zero-order chi connectivity index (χ0) is 11.5. The van der Waals surface area contributed by atoms with Crippen molar-refractivity contribution in [2.45, 2.75) is 13.3 Å². The van der Waals surface area contributed by atoms with Gasteiger partial charge in [0.15, 0.2) is 0 Å². The molecule has 0 aliphatic carbocycles. The largest absolute Gasteiger partial charge is 0.535 e. The van der Waals surface area contributed by atoms with Crippen LogP contribution in [0.4, 0.5) is 0 Å². The van der Waals surface area contributed by atoms with E-state index in [0.717, 1.165) is 0 Å². The lowest BCUT2D eigenvalue weighted by Gasteiger charge is -2.21. The van der Waals surface area contributed by atoms with E-state index in [-0.39, 0.29) is 6.42 Å². The Kier molecular flexibility index (Phi) is 3.06. The van der Waals surface area contributed by atoms with Gasteiger partial charge in [0, 0.05) is 6.42 Å². The fourth-order valence-corrected chi connectivity index (χ4v) is 2.08. The monoisotopic (exact) mass is 240 g/mol. The van der Waals surface area contributed by atoms with E-state index in [9.17, 15) is 9.59 Å². The van der Waals surface area contributed by atoms with E-state index in [1.165, 1.54) is 0 Å². The van der Waals surface area contributed by atoms with Crippen molar-refractivity contribution in [2.75, 3.05) is 0 Å². The number of hydrogen-bond donors (Lipinski definition) is 0. The molecule has 0 radical (unpaired) electrons. The maximum absolute atomic E-state index is 11.5. The fourth-order valence-electron chi connectivity index (χ4n) is 1.12. The minimum atomic E-state index is -1.94. The summed E-state index contributed by atoms with van der Waals surface area (Å²) in [5, 5.41) is 0. The first-order valence-corrected chi connectivity index (χ1v) is 5.80. The normalized spacial score (nSPS) is 18.1. The zero-order valence-corrected chi connectivity index (χ0v) is 9.40. The van der Waals surface area contributed by atoms with Crippen molar-refractivity contribution in [1.82, 2.24) is 0 Å². The highest BCUT2D eigenvalue weighted by molar-refractivity contribution is 7.43. The summed E-state index contributed by atoms with van der Waals surface area (Å²) in [4.78, 5) is 22.5. The van der Waals surface area contributed by atoms with Crippen molar-refractivity contribution < 1.29 is 23.2 Å². The van der Waals surface area contributed by atoms with Crippen LogP contribution in [0.1, 0.15) is 23.7 Å². The molecule has 0 bridgehead atoms. The van der Waals surface area contributed by atoms with Crippen molar-refractivity contribution in [2.24, 2.45) is 0 Å². The van der Waals surface area contributed by atoms with E-state index in [2.05, 4.69) is 0 Å². The van der Waals surface area contributed by atoms with Gasteiger partial charge in [-0.15, -0.1) is 0 Å². The van der Waals surface area contributed by atoms with E-state index in [1.807, 2.05) is 0 Å². The van der Waals surface area contributed by atoms with Gasteiger partial charge in [-0.25, -0.2) is 4.79 Å². The molecule has 1 aliphatic rings. The Hall–Kier alpha value is -1.61. The van der Waals surface area contributed by atoms with Crippen LogP contribution in [0.25, 0.3) is 0 Å². The highest BCUT2D eigenvalue weighted by atomic mass is 31.2. The SMILES string of the molecule is CCC(=O)OP1OC(=O)c2ccccc2O1. The number of para-hydroxylation sites is 1. The van der Waals surface area contributed by atoms with Crippen molar-refractivity contribution >= 4 is 20.5 Å². The summed E-state index contributed by atoms with van der Waals surface area (Å²) < 4.78 is 14.9. The number of benzene rings is 1. The molecule has 0 N–H and O–H groups in total. The second-order valence-electron chi connectivity index (χ2n) is 3.01. The third-order valence-electron chi connectivity index (χ3n) is 1.90. The van der Waals surface area contributed by atoms with Crippen molar-refractivity contribution in [1.29, 1.82) is 0 Å². The average Bonchev–Trinajstić information content (AvgIpc) is 2.29. The summed E-state index contributed by atoms with van der Waals surface area (Å²) in [5.41, 5.74) is 0.341. The second kappa shape index (κ2) is 4.49. The number of rotatable bonds is 2. The van der Waals surface area contributed by atoms with Gasteiger partial charge < -0.3 is 13.6 Å². The van der Waals surface area contributed by atoms with Gasteiger partial charge in [-0.05, 0) is 12.1 Å². The lowest BCUT2D eigenvalue weighted by molar-refractivity contribution is -0.134. The minimum Gasteiger partial charge on any atom is -0.407 e. The third-order valence-corrected chi connectivity index (χ3v) is 2.92. The quantitative estimate of drug-likeness (QED) is 0.743. The van der Waals surface area contributed by atoms with Gasteiger partial charge in [0.25, 0.3) is 0 Å². The molecule has 16 heavy (non-hydrogen) atoms. The van der Waals surface area contributed by atoms with Gasteiger partial charge in [0.05, 0.1) is 0 Å². The summed E-state index contributed by atoms with van der Waals surface area (Å²) in [6, 6.07) is 6.65. The highest BCUT2D eigenvalue weighted by Gasteiger charge is 2.32. The van der Waals surface area contributed by atoms with Crippen LogP contribution in [0.3, 0.4) is 0 Å². The second-order valence-corrected chi connectivity index (χ2v) is 4.00. The maximum Gasteiger partial charge on any atom is 0.535 e. The van der Waals surface area contributed by atoms with Crippen LogP contribution in [-0.4, -0.2) is 11.9 Å². The number of hydrogen-bond acceptors (Lipinski definition) is 5. The Bertz CT molecular complexity index is 431. The molecule has 0 spiro atoms. The summed E-state index contributed by atoms with van der Waals surface area (Å²) in [7, 11) is -1.94. The third kappa shape index (κ3) is 2.14. The zero-order valence-electron chi connectivity index (χ0n) is 8.50. The van der Waals surface area contributed by atoms with Crippen molar-refractivity contribution in [3.63, 3.8) is 0 Å². The van der Waals surface area contributed by atoms with Gasteiger partial charge in [-0.1, -0.05) is 19.1 Å². The van der Waals surface area contributed by atoms with E-state index < -0.39 is 20.5 Å². The molecule has 0 fully saturated rings. The van der Waals surface area contributed by atoms with Crippen LogP contribution in [0.15, 0.2) is 24.3 Å². The summed E-state index contributed by atoms with van der Waals surface area (Å²) >= 11 is 0. The van der Waals surface area contributed by atoms with Crippen LogP contribution < -0.4 is 4.52 Å².